The summed E-state index contributed by atoms with van der Waals surface area (Å²) in [4.78, 5) is 25.8. The average Bonchev–Trinajstić information content (AvgIpc) is 3.72. The number of fused-ring (bicyclic) bond motifs is 1. The molecule has 4 heterocycles. The first-order valence-electron chi connectivity index (χ1n) is 15.3. The number of benzene rings is 1. The monoisotopic (exact) mass is 601 g/mol. The molecule has 2 aromatic heterocycles. The van der Waals surface area contributed by atoms with Crippen molar-refractivity contribution in [1.29, 1.82) is 5.26 Å². The topological polar surface area (TPSA) is 115 Å². The van der Waals surface area contributed by atoms with E-state index < -0.39 is 10.0 Å². The molecule has 2 fully saturated rings. The quantitative estimate of drug-likeness (QED) is 0.386. The normalized spacial score (nSPS) is 19.9. The predicted molar refractivity (Wildman–Crippen MR) is 162 cm³/mol. The number of aryl methyl sites for hydroxylation is 1. The number of nitriles is 1. The fraction of sp³-hybridized carbons (Fsp3) is 0.500. The van der Waals surface area contributed by atoms with Crippen LogP contribution in [0, 0.1) is 23.2 Å². The second-order valence-electron chi connectivity index (χ2n) is 12.2. The molecule has 2 aliphatic heterocycles. The van der Waals surface area contributed by atoms with Gasteiger partial charge in [-0.3, -0.25) is 4.79 Å². The molecule has 0 spiro atoms. The molecule has 3 aliphatic rings. The minimum absolute atomic E-state index is 0.0404. The molecule has 1 saturated carbocycles. The minimum Gasteiger partial charge on any atom is -0.364 e. The number of imidazole rings is 1. The van der Waals surface area contributed by atoms with Gasteiger partial charge in [-0.25, -0.2) is 18.4 Å². The fourth-order valence-electron chi connectivity index (χ4n) is 6.96. The highest BCUT2D eigenvalue weighted by Crippen LogP contribution is 2.35. The number of rotatable bonds is 8. The minimum atomic E-state index is -3.92. The molecular weight excluding hydrogens is 562 g/mol. The molecule has 1 aliphatic carbocycles. The zero-order valence-corrected chi connectivity index (χ0v) is 25.5. The first-order chi connectivity index (χ1) is 20.8. The van der Waals surface area contributed by atoms with Crippen LogP contribution in [0.15, 0.2) is 60.1 Å². The largest absolute Gasteiger partial charge is 0.364 e. The highest BCUT2D eigenvalue weighted by atomic mass is 32.2. The van der Waals surface area contributed by atoms with Gasteiger partial charge in [-0.2, -0.15) is 9.57 Å². The summed E-state index contributed by atoms with van der Waals surface area (Å²) in [5.41, 5.74) is 3.52. The van der Waals surface area contributed by atoms with Crippen molar-refractivity contribution in [3.63, 3.8) is 0 Å². The van der Waals surface area contributed by atoms with Crippen LogP contribution >= 0.6 is 0 Å². The van der Waals surface area contributed by atoms with Crippen LogP contribution in [0.4, 0.5) is 5.69 Å². The molecule has 0 bridgehead atoms. The summed E-state index contributed by atoms with van der Waals surface area (Å²) >= 11 is 0. The van der Waals surface area contributed by atoms with Crippen LogP contribution in [-0.4, -0.2) is 70.3 Å². The number of amides is 1. The van der Waals surface area contributed by atoms with E-state index >= 15 is 0 Å². The first kappa shape index (κ1) is 29.3. The number of carbonyl (C=O) groups excluding carboxylic acids is 1. The van der Waals surface area contributed by atoms with Gasteiger partial charge in [0.05, 0.1) is 30.2 Å². The molecule has 10 nitrogen and oxygen atoms in total. The Hall–Kier alpha value is -3.75. The summed E-state index contributed by atoms with van der Waals surface area (Å²) < 4.78 is 32.2. The molecule has 0 radical (unpaired) electrons. The molecule has 11 heteroatoms. The molecule has 0 N–H and O–H groups in total. The lowest BCUT2D eigenvalue weighted by molar-refractivity contribution is -0.136. The molecule has 1 amide bonds. The van der Waals surface area contributed by atoms with E-state index in [-0.39, 0.29) is 28.8 Å². The lowest BCUT2D eigenvalue weighted by atomic mass is 9.93. The Labute approximate surface area is 254 Å². The van der Waals surface area contributed by atoms with Crippen LogP contribution in [0.1, 0.15) is 55.3 Å². The second-order valence-corrected chi connectivity index (χ2v) is 14.0. The lowest BCUT2D eigenvalue weighted by Crippen LogP contribution is -2.53. The van der Waals surface area contributed by atoms with Crippen molar-refractivity contribution in [3.05, 3.63) is 71.9 Å². The number of piperidine rings is 1. The number of anilines is 1. The standard InChI is InChI=1S/C32H39N7O3S/c1-36-23-34-19-29(36)22-38-21-28(17-27-16-25(18-33)9-10-30(27)38)39(43(41,42)31-8-4-5-13-35-31)20-24-11-14-37(15-12-24)32(40)26-6-2-3-7-26/h4-5,8-10,13,16,19,23-24,26,28H,2-3,6-7,11-12,14-15,17,20-22H2,1H3. The van der Waals surface area contributed by atoms with E-state index in [1.807, 2.05) is 40.9 Å². The molecule has 226 valence electrons. The van der Waals surface area contributed by atoms with Crippen molar-refractivity contribution in [3.8, 4) is 6.07 Å². The van der Waals surface area contributed by atoms with Crippen molar-refractivity contribution in [2.75, 3.05) is 31.1 Å². The van der Waals surface area contributed by atoms with Crippen molar-refractivity contribution in [2.45, 2.75) is 62.6 Å². The van der Waals surface area contributed by atoms with Crippen LogP contribution in [0.2, 0.25) is 0 Å². The summed E-state index contributed by atoms with van der Waals surface area (Å²) in [6, 6.07) is 12.5. The number of carbonyl (C=O) groups is 1. The first-order valence-corrected chi connectivity index (χ1v) is 16.7. The van der Waals surface area contributed by atoms with Gasteiger partial charge < -0.3 is 14.4 Å². The van der Waals surface area contributed by atoms with Crippen LogP contribution in [0.3, 0.4) is 0 Å². The van der Waals surface area contributed by atoms with Crippen molar-refractivity contribution in [2.24, 2.45) is 18.9 Å². The fourth-order valence-corrected chi connectivity index (χ4v) is 8.58. The molecular formula is C32H39N7O3S. The van der Waals surface area contributed by atoms with Gasteiger partial charge in [0.2, 0.25) is 5.91 Å². The van der Waals surface area contributed by atoms with Crippen LogP contribution in [0.5, 0.6) is 0 Å². The van der Waals surface area contributed by atoms with E-state index in [9.17, 15) is 18.5 Å². The Bertz CT molecular complexity index is 1590. The van der Waals surface area contributed by atoms with Gasteiger partial charge in [-0.05, 0) is 73.9 Å². The number of nitrogens with zero attached hydrogens (tertiary/aromatic N) is 7. The third-order valence-corrected chi connectivity index (χ3v) is 11.2. The van der Waals surface area contributed by atoms with E-state index in [2.05, 4.69) is 20.9 Å². The maximum atomic E-state index is 14.3. The molecule has 6 rings (SSSR count). The summed E-state index contributed by atoms with van der Waals surface area (Å²) in [5, 5.41) is 9.67. The van der Waals surface area contributed by atoms with Crippen LogP contribution < -0.4 is 4.90 Å². The molecule has 1 unspecified atom stereocenters. The summed E-state index contributed by atoms with van der Waals surface area (Å²) in [6.07, 6.45) is 11.4. The van der Waals surface area contributed by atoms with E-state index in [1.165, 1.54) is 6.20 Å². The van der Waals surface area contributed by atoms with Gasteiger partial charge in [0.1, 0.15) is 0 Å². The number of hydrogen-bond donors (Lipinski definition) is 0. The van der Waals surface area contributed by atoms with Gasteiger partial charge in [0, 0.05) is 63.3 Å². The van der Waals surface area contributed by atoms with Gasteiger partial charge in [0.15, 0.2) is 5.03 Å². The number of sulfonamides is 1. The van der Waals surface area contributed by atoms with Crippen LogP contribution in [0.25, 0.3) is 0 Å². The zero-order valence-electron chi connectivity index (χ0n) is 24.7. The second kappa shape index (κ2) is 12.5. The average molecular weight is 602 g/mol. The Morgan fingerprint density at radius 2 is 1.91 bits per heavy atom. The Kier molecular flexibility index (Phi) is 8.50. The Morgan fingerprint density at radius 1 is 1.12 bits per heavy atom. The molecule has 1 aromatic carbocycles. The lowest BCUT2D eigenvalue weighted by Gasteiger charge is -2.42. The number of aromatic nitrogens is 3. The Morgan fingerprint density at radius 3 is 2.58 bits per heavy atom. The maximum Gasteiger partial charge on any atom is 0.260 e. The molecule has 43 heavy (non-hydrogen) atoms. The summed E-state index contributed by atoms with van der Waals surface area (Å²) in [6.45, 7) is 2.76. The van der Waals surface area contributed by atoms with Crippen molar-refractivity contribution >= 4 is 21.6 Å². The number of pyridine rings is 1. The zero-order chi connectivity index (χ0) is 30.0. The highest BCUT2D eigenvalue weighted by Gasteiger charge is 2.39. The van der Waals surface area contributed by atoms with E-state index in [4.69, 9.17) is 0 Å². The van der Waals surface area contributed by atoms with Crippen LogP contribution in [-0.2, 0) is 34.8 Å². The third-order valence-electron chi connectivity index (χ3n) is 9.39. The number of hydrogen-bond acceptors (Lipinski definition) is 7. The van der Waals surface area contributed by atoms with Gasteiger partial charge in [-0.1, -0.05) is 18.9 Å². The van der Waals surface area contributed by atoms with Crippen molar-refractivity contribution < 1.29 is 13.2 Å². The maximum absolute atomic E-state index is 14.3. The number of likely N-dealkylation sites (tertiary alicyclic amines) is 1. The third kappa shape index (κ3) is 6.17. The predicted octanol–water partition coefficient (Wildman–Crippen LogP) is 3.74. The van der Waals surface area contributed by atoms with Crippen molar-refractivity contribution in [1.82, 2.24) is 23.7 Å². The van der Waals surface area contributed by atoms with Gasteiger partial charge in [0.25, 0.3) is 10.0 Å². The smallest absolute Gasteiger partial charge is 0.260 e. The molecule has 1 atom stereocenters. The SMILES string of the molecule is Cn1cncc1CN1CC(N(CC2CCN(C(=O)C3CCCC3)CC2)S(=O)(=O)c2ccccn2)Cc2cc(C#N)ccc21. The highest BCUT2D eigenvalue weighted by molar-refractivity contribution is 7.89. The summed E-state index contributed by atoms with van der Waals surface area (Å²) in [7, 11) is -1.97. The van der Waals surface area contributed by atoms with E-state index in [1.54, 1.807) is 28.8 Å². The Balaban J connectivity index is 1.28. The van der Waals surface area contributed by atoms with Gasteiger partial charge >= 0.3 is 0 Å². The molecule has 1 saturated heterocycles. The molecule has 3 aromatic rings. The summed E-state index contributed by atoms with van der Waals surface area (Å²) in [5.74, 6) is 0.559. The van der Waals surface area contributed by atoms with Gasteiger partial charge in [-0.15, -0.1) is 0 Å². The van der Waals surface area contributed by atoms with E-state index in [0.717, 1.165) is 55.5 Å². The van der Waals surface area contributed by atoms with E-state index in [0.29, 0.717) is 44.7 Å².